The topological polar surface area (TPSA) is 0 Å². The van der Waals surface area contributed by atoms with Crippen molar-refractivity contribution in [3.63, 3.8) is 0 Å². The molecule has 0 heterocycles. The van der Waals surface area contributed by atoms with Gasteiger partial charge in [-0.2, -0.15) is 0 Å². The second-order valence-electron chi connectivity index (χ2n) is 17.5. The van der Waals surface area contributed by atoms with Crippen molar-refractivity contribution >= 4 is 133 Å². The van der Waals surface area contributed by atoms with Crippen LogP contribution < -0.4 is 63.7 Å². The third kappa shape index (κ3) is 21.2. The van der Waals surface area contributed by atoms with Crippen molar-refractivity contribution in [1.82, 2.24) is 0 Å². The zero-order valence-corrected chi connectivity index (χ0v) is 56.7. The molecule has 12 aromatic rings. The van der Waals surface area contributed by atoms with E-state index >= 15 is 0 Å². The van der Waals surface area contributed by atoms with Crippen LogP contribution in [0.4, 0.5) is 0 Å². The van der Waals surface area contributed by atoms with Crippen LogP contribution in [0.25, 0.3) is 0 Å². The molecule has 0 saturated carbocycles. The minimum absolute atomic E-state index is 0.446. The van der Waals surface area contributed by atoms with E-state index in [1.54, 1.807) is 0 Å². The molecule has 0 aliphatic heterocycles. The van der Waals surface area contributed by atoms with E-state index in [4.69, 9.17) is 38.1 Å². The Morgan fingerprint density at radius 3 is 0.256 bits per heavy atom. The molecular weight excluding hydrogens is 1500 g/mol. The van der Waals surface area contributed by atoms with E-state index in [1.165, 1.54) is 63.7 Å². The number of benzene rings is 12. The summed E-state index contributed by atoms with van der Waals surface area (Å²) in [5.41, 5.74) is 0. The predicted molar refractivity (Wildman–Crippen MR) is 364 cm³/mol. The van der Waals surface area contributed by atoms with Crippen molar-refractivity contribution in [1.29, 1.82) is 0 Å². The monoisotopic (exact) mass is 1560 g/mol. The van der Waals surface area contributed by atoms with E-state index in [0.717, 1.165) is 0 Å². The summed E-state index contributed by atoms with van der Waals surface area (Å²) in [6.07, 6.45) is 0. The molecule has 0 fully saturated rings. The van der Waals surface area contributed by atoms with E-state index in [1.807, 2.05) is 0 Å². The molecule has 0 N–H and O–H groups in total. The van der Waals surface area contributed by atoms with Gasteiger partial charge in [-0.05, 0) is 95.3 Å². The van der Waals surface area contributed by atoms with Crippen LogP contribution in [0.3, 0.4) is 0 Å². The second-order valence-corrected chi connectivity index (χ2v) is 34.2. The average molecular weight is 1560 g/mol. The largest absolute Gasteiger partial charge is 0.0622 e. The van der Waals surface area contributed by atoms with Gasteiger partial charge in [-0.3, -0.25) is 0 Å². The quantitative estimate of drug-likeness (QED) is 0.107. The van der Waals surface area contributed by atoms with Gasteiger partial charge in [0.05, 0.1) is 0 Å². The summed E-state index contributed by atoms with van der Waals surface area (Å²) in [6.45, 7) is 0. The number of hydrogen-bond acceptors (Lipinski definition) is 0. The van der Waals surface area contributed by atoms with Gasteiger partial charge in [-0.25, -0.2) is 0 Å². The fourth-order valence-electron chi connectivity index (χ4n) is 8.71. The molecule has 410 valence electrons. The average Bonchev–Trinajstić information content (AvgIpc) is 3.58. The SMILES string of the molecule is [Cl][Re][Cl].[Cl][Re][Cl].c1ccc(P(c2ccccc2)c2ccccc2)cc1.c1ccc(P(c2ccccc2)c2ccccc2)cc1.c1ccc(P(c2ccccc2)c2ccccc2)cc1.c1ccc(P(c2ccccc2)c2ccccc2)cc1. The molecule has 12 aromatic carbocycles. The minimum atomic E-state index is -0.722. The Hall–Kier alpha value is -5.16. The van der Waals surface area contributed by atoms with Crippen LogP contribution in [-0.2, 0) is 31.9 Å². The zero-order valence-electron chi connectivity index (χ0n) is 44.7. The molecule has 10 heteroatoms. The van der Waals surface area contributed by atoms with Gasteiger partial charge in [0.25, 0.3) is 0 Å². The first-order chi connectivity index (χ1) is 40.6. The van der Waals surface area contributed by atoms with E-state index in [0.29, 0.717) is 0 Å². The Kier molecular flexibility index (Phi) is 30.4. The maximum atomic E-state index is 4.92. The third-order valence-electron chi connectivity index (χ3n) is 12.2. The summed E-state index contributed by atoms with van der Waals surface area (Å²) in [5.74, 6) is 0. The zero-order chi connectivity index (χ0) is 57.1. The van der Waals surface area contributed by atoms with Crippen molar-refractivity contribution in [2.24, 2.45) is 0 Å². The Balaban J connectivity index is 0.000000152. The van der Waals surface area contributed by atoms with Crippen LogP contribution in [0.2, 0.25) is 0 Å². The van der Waals surface area contributed by atoms with Crippen molar-refractivity contribution in [3.05, 3.63) is 364 Å². The fourth-order valence-corrected chi connectivity index (χ4v) is 17.9. The summed E-state index contributed by atoms with van der Waals surface area (Å²) in [6, 6.07) is 129. The molecule has 0 aliphatic rings. The van der Waals surface area contributed by atoms with Crippen LogP contribution in [0.15, 0.2) is 364 Å². The maximum absolute atomic E-state index is 4.92. The molecule has 0 aromatic heterocycles. The molecule has 0 amide bonds. The van der Waals surface area contributed by atoms with E-state index < -0.39 is 63.6 Å². The number of halogens is 4. The Labute approximate surface area is 524 Å². The Morgan fingerprint density at radius 1 is 0.134 bits per heavy atom. The molecule has 0 nitrogen and oxygen atoms in total. The molecule has 82 heavy (non-hydrogen) atoms. The third-order valence-corrected chi connectivity index (χ3v) is 21.9. The van der Waals surface area contributed by atoms with Gasteiger partial charge in [-0.15, -0.1) is 0 Å². The van der Waals surface area contributed by atoms with E-state index in [9.17, 15) is 0 Å². The van der Waals surface area contributed by atoms with Gasteiger partial charge < -0.3 is 0 Å². The van der Waals surface area contributed by atoms with Gasteiger partial charge >= 0.3 is 70.0 Å². The van der Waals surface area contributed by atoms with Crippen molar-refractivity contribution in [2.75, 3.05) is 0 Å². The van der Waals surface area contributed by atoms with Gasteiger partial charge in [0, 0.05) is 0 Å². The molecule has 0 radical (unpaired) electrons. The second kappa shape index (κ2) is 38.7. The Morgan fingerprint density at radius 2 is 0.195 bits per heavy atom. The summed E-state index contributed by atoms with van der Waals surface area (Å²) < 4.78 is 0. The van der Waals surface area contributed by atoms with Gasteiger partial charge in [0.15, 0.2) is 0 Å². The molecule has 0 unspecified atom stereocenters. The molecule has 0 saturated heterocycles. The van der Waals surface area contributed by atoms with Crippen molar-refractivity contribution in [3.8, 4) is 0 Å². The van der Waals surface area contributed by atoms with E-state index in [-0.39, 0.29) is 0 Å². The molecular formula is C72H60Cl4P4Re2. The molecule has 12 rings (SSSR count). The van der Waals surface area contributed by atoms with Crippen LogP contribution in [0.1, 0.15) is 0 Å². The first-order valence-corrected chi connectivity index (χ1v) is 45.0. The predicted octanol–water partition coefficient (Wildman–Crippen LogP) is 16.5. The summed E-state index contributed by atoms with van der Waals surface area (Å²) in [4.78, 5) is 0. The molecule has 0 bridgehead atoms. The van der Waals surface area contributed by atoms with Crippen LogP contribution in [0.5, 0.6) is 0 Å². The molecule has 0 aliphatic carbocycles. The number of rotatable bonds is 12. The first kappa shape index (κ1) is 64.4. The van der Waals surface area contributed by atoms with Crippen molar-refractivity contribution in [2.45, 2.75) is 0 Å². The van der Waals surface area contributed by atoms with Crippen LogP contribution in [-0.4, -0.2) is 0 Å². The Bertz CT molecular complexity index is 2640. The molecule has 0 spiro atoms. The maximum Gasteiger partial charge on any atom is -0.0134 e. The summed E-state index contributed by atoms with van der Waals surface area (Å²) in [7, 11) is 17.9. The van der Waals surface area contributed by atoms with Crippen molar-refractivity contribution < 1.29 is 31.9 Å². The van der Waals surface area contributed by atoms with Crippen LogP contribution >= 0.6 is 69.8 Å². The molecule has 0 atom stereocenters. The van der Waals surface area contributed by atoms with Gasteiger partial charge in [-0.1, -0.05) is 364 Å². The standard InChI is InChI=1S/4C18H15P.4ClH.2Re/c4*1-4-10-16(11-5-1)19(17-12-6-2-7-13-17)18-14-8-3-9-15-18;;;;;;/h4*1-15H;4*1H;;/q;;;;;;;;2*+2/p-4. The van der Waals surface area contributed by atoms with E-state index in [2.05, 4.69) is 364 Å². The summed E-state index contributed by atoms with van der Waals surface area (Å²) >= 11 is -1.44. The van der Waals surface area contributed by atoms with Gasteiger partial charge in [0.1, 0.15) is 0 Å². The number of hydrogen-bond donors (Lipinski definition) is 0. The normalized spacial score (nSPS) is 10.2. The van der Waals surface area contributed by atoms with Crippen LogP contribution in [0, 0.1) is 0 Å². The minimum Gasteiger partial charge on any atom is -0.0622 e. The van der Waals surface area contributed by atoms with Gasteiger partial charge in [0.2, 0.25) is 0 Å². The first-order valence-electron chi connectivity index (χ1n) is 26.2. The smallest absolute Gasteiger partial charge is 0.0134 e. The summed E-state index contributed by atoms with van der Waals surface area (Å²) in [5, 5.41) is 16.8. The fraction of sp³-hybridized carbons (Fsp3) is 0.